The molecule has 186 valence electrons. The summed E-state index contributed by atoms with van der Waals surface area (Å²) in [5.41, 5.74) is 1.11. The molecule has 4 atom stereocenters. The maximum atomic E-state index is 13.7. The lowest BCUT2D eigenvalue weighted by Crippen LogP contribution is -2.60. The minimum absolute atomic E-state index is 0.0318. The van der Waals surface area contributed by atoms with Crippen LogP contribution in [0.3, 0.4) is 0 Å². The second kappa shape index (κ2) is 8.97. The molecule has 35 heavy (non-hydrogen) atoms. The third kappa shape index (κ3) is 3.73. The molecule has 1 aromatic heterocycles. The van der Waals surface area contributed by atoms with Crippen LogP contribution in [0.1, 0.15) is 38.5 Å². The van der Waals surface area contributed by atoms with Crippen LogP contribution in [0.5, 0.6) is 11.5 Å². The Kier molecular flexibility index (Phi) is 5.79. The van der Waals surface area contributed by atoms with Gasteiger partial charge in [0.1, 0.15) is 6.54 Å². The molecule has 0 spiro atoms. The number of rotatable bonds is 4. The lowest BCUT2D eigenvalue weighted by Gasteiger charge is -2.54. The molecule has 2 bridgehead atoms. The number of methoxy groups -OCH3 is 2. The fraction of sp³-hybridized carbons (Fsp3) is 0.593. The van der Waals surface area contributed by atoms with E-state index in [1.54, 1.807) is 25.4 Å². The summed E-state index contributed by atoms with van der Waals surface area (Å²) in [7, 11) is 3.06. The van der Waals surface area contributed by atoms with Crippen molar-refractivity contribution in [1.82, 2.24) is 19.6 Å². The van der Waals surface area contributed by atoms with Crippen LogP contribution in [-0.2, 0) is 11.3 Å². The lowest BCUT2D eigenvalue weighted by molar-refractivity contribution is -0.137. The van der Waals surface area contributed by atoms with Crippen molar-refractivity contribution in [1.29, 1.82) is 0 Å². The third-order valence-corrected chi connectivity index (χ3v) is 8.62. The highest BCUT2D eigenvalue weighted by molar-refractivity contribution is 5.89. The number of benzene rings is 1. The van der Waals surface area contributed by atoms with Gasteiger partial charge in [0, 0.05) is 24.5 Å². The Morgan fingerprint density at radius 2 is 2.03 bits per heavy atom. The summed E-state index contributed by atoms with van der Waals surface area (Å²) >= 11 is 0. The van der Waals surface area contributed by atoms with Crippen LogP contribution in [-0.4, -0.2) is 71.4 Å². The summed E-state index contributed by atoms with van der Waals surface area (Å²) in [5, 5.41) is 5.38. The first-order valence-electron chi connectivity index (χ1n) is 12.9. The van der Waals surface area contributed by atoms with Gasteiger partial charge in [0.15, 0.2) is 11.5 Å². The highest BCUT2D eigenvalue weighted by Crippen LogP contribution is 2.45. The van der Waals surface area contributed by atoms with Crippen LogP contribution >= 0.6 is 0 Å². The zero-order chi connectivity index (χ0) is 24.1. The van der Waals surface area contributed by atoms with Crippen molar-refractivity contribution in [2.75, 3.05) is 33.9 Å². The van der Waals surface area contributed by atoms with Crippen LogP contribution in [0.15, 0.2) is 34.8 Å². The van der Waals surface area contributed by atoms with Crippen LogP contribution in [0.2, 0.25) is 0 Å². The Balaban J connectivity index is 1.30. The molecule has 3 aliphatic heterocycles. The highest BCUT2D eigenvalue weighted by Gasteiger charge is 2.46. The van der Waals surface area contributed by atoms with E-state index in [0.29, 0.717) is 40.1 Å². The van der Waals surface area contributed by atoms with Gasteiger partial charge in [0.25, 0.3) is 5.56 Å². The van der Waals surface area contributed by atoms with Crippen molar-refractivity contribution in [3.63, 3.8) is 0 Å². The third-order valence-electron chi connectivity index (χ3n) is 8.62. The zero-order valence-corrected chi connectivity index (χ0v) is 20.6. The van der Waals surface area contributed by atoms with Gasteiger partial charge in [-0.2, -0.15) is 5.10 Å². The molecule has 4 aliphatic rings. The lowest BCUT2D eigenvalue weighted by atomic mass is 9.68. The van der Waals surface area contributed by atoms with Crippen LogP contribution in [0.25, 0.3) is 10.8 Å². The second-order valence-corrected chi connectivity index (χ2v) is 10.5. The maximum Gasteiger partial charge on any atom is 0.279 e. The number of ether oxygens (including phenoxy) is 2. The molecule has 0 saturated carbocycles. The van der Waals surface area contributed by atoms with E-state index in [4.69, 9.17) is 9.47 Å². The Hall–Kier alpha value is -2.87. The van der Waals surface area contributed by atoms with E-state index in [-0.39, 0.29) is 24.1 Å². The summed E-state index contributed by atoms with van der Waals surface area (Å²) in [6.07, 6.45) is 11.3. The molecule has 8 nitrogen and oxygen atoms in total. The average molecular weight is 479 g/mol. The second-order valence-electron chi connectivity index (χ2n) is 10.5. The van der Waals surface area contributed by atoms with Crippen LogP contribution < -0.4 is 15.0 Å². The van der Waals surface area contributed by atoms with Crippen molar-refractivity contribution >= 4 is 16.7 Å². The van der Waals surface area contributed by atoms with Crippen LogP contribution in [0.4, 0.5) is 0 Å². The van der Waals surface area contributed by atoms with Gasteiger partial charge < -0.3 is 14.4 Å². The Morgan fingerprint density at radius 1 is 1.14 bits per heavy atom. The summed E-state index contributed by atoms with van der Waals surface area (Å²) in [5.74, 6) is 1.93. The molecule has 1 aromatic carbocycles. The molecular formula is C27H34N4O4. The van der Waals surface area contributed by atoms with E-state index in [9.17, 15) is 9.59 Å². The van der Waals surface area contributed by atoms with Gasteiger partial charge in [-0.15, -0.1) is 0 Å². The van der Waals surface area contributed by atoms with E-state index in [1.165, 1.54) is 49.6 Å². The minimum atomic E-state index is -0.336. The van der Waals surface area contributed by atoms with Crippen molar-refractivity contribution in [2.45, 2.75) is 57.2 Å². The van der Waals surface area contributed by atoms with E-state index in [1.807, 2.05) is 4.90 Å². The smallest absolute Gasteiger partial charge is 0.279 e. The number of hydrogen-bond donors (Lipinski definition) is 0. The summed E-state index contributed by atoms with van der Waals surface area (Å²) in [6, 6.07) is 4.38. The fourth-order valence-electron chi connectivity index (χ4n) is 7.17. The van der Waals surface area contributed by atoms with E-state index < -0.39 is 0 Å². The summed E-state index contributed by atoms with van der Waals surface area (Å²) in [6.45, 7) is 2.94. The van der Waals surface area contributed by atoms with Gasteiger partial charge in [0.05, 0.1) is 31.8 Å². The zero-order valence-electron chi connectivity index (χ0n) is 20.6. The predicted octanol–water partition coefficient (Wildman–Crippen LogP) is 2.84. The number of carbonyl (C=O) groups is 1. The quantitative estimate of drug-likeness (QED) is 0.629. The molecule has 8 heteroatoms. The minimum Gasteiger partial charge on any atom is -0.493 e. The van der Waals surface area contributed by atoms with E-state index in [2.05, 4.69) is 16.1 Å². The van der Waals surface area contributed by atoms with Gasteiger partial charge in [-0.3, -0.25) is 14.5 Å². The molecule has 1 amide bonds. The number of nitrogens with zero attached hydrogens (tertiary/aromatic N) is 4. The van der Waals surface area contributed by atoms with Crippen LogP contribution in [0, 0.1) is 11.8 Å². The molecule has 6 rings (SSSR count). The average Bonchev–Trinajstić information content (AvgIpc) is 2.89. The number of aromatic nitrogens is 2. The number of piperidine rings is 3. The maximum absolute atomic E-state index is 13.7. The number of likely N-dealkylation sites (tertiary alicyclic amines) is 1. The number of amides is 1. The largest absolute Gasteiger partial charge is 0.493 e. The molecule has 3 fully saturated rings. The van der Waals surface area contributed by atoms with E-state index >= 15 is 0 Å². The summed E-state index contributed by atoms with van der Waals surface area (Å²) in [4.78, 5) is 31.8. The SMILES string of the molecule is COc1ccc2cnn(CC(=O)N3CCCC4=C[C@H]5C[C@@H](CN6CCCCC56)C43)c(=O)c2c1OC. The molecule has 4 heterocycles. The highest BCUT2D eigenvalue weighted by atomic mass is 16.5. The van der Waals surface area contributed by atoms with Crippen molar-refractivity contribution < 1.29 is 14.3 Å². The van der Waals surface area contributed by atoms with Gasteiger partial charge >= 0.3 is 0 Å². The topological polar surface area (TPSA) is 76.9 Å². The standard InChI is InChI=1S/C27H34N4O4/c1-34-22-9-8-18-14-28-31(27(33)24(18)26(22)35-2)16-23(32)30-11-5-6-17-12-19-13-20(25(17)30)15-29-10-4-3-7-21(19)29/h8-9,12,14,19-21,25H,3-7,10-11,13,15-16H2,1-2H3/t19-,20-,21?,25?/m0/s1. The molecule has 2 unspecified atom stereocenters. The fourth-order valence-corrected chi connectivity index (χ4v) is 7.17. The van der Waals surface area contributed by atoms with Gasteiger partial charge in [-0.05, 0) is 62.6 Å². The predicted molar refractivity (Wildman–Crippen MR) is 133 cm³/mol. The molecule has 3 saturated heterocycles. The Morgan fingerprint density at radius 3 is 2.86 bits per heavy atom. The molecule has 2 aromatic rings. The number of fused-ring (bicyclic) bond motifs is 7. The first-order chi connectivity index (χ1) is 17.1. The Labute approximate surface area is 205 Å². The molecule has 0 N–H and O–H groups in total. The number of hydrogen-bond acceptors (Lipinski definition) is 6. The first kappa shape index (κ1) is 22.6. The van der Waals surface area contributed by atoms with Crippen molar-refractivity contribution in [2.24, 2.45) is 11.8 Å². The van der Waals surface area contributed by atoms with Gasteiger partial charge in [0.2, 0.25) is 5.91 Å². The monoisotopic (exact) mass is 478 g/mol. The van der Waals surface area contributed by atoms with Crippen molar-refractivity contribution in [3.05, 3.63) is 40.3 Å². The first-order valence-corrected chi connectivity index (χ1v) is 12.9. The number of carbonyl (C=O) groups excluding carboxylic acids is 1. The normalized spacial score (nSPS) is 28.2. The van der Waals surface area contributed by atoms with Crippen molar-refractivity contribution in [3.8, 4) is 11.5 Å². The summed E-state index contributed by atoms with van der Waals surface area (Å²) < 4.78 is 12.1. The van der Waals surface area contributed by atoms with Gasteiger partial charge in [-0.25, -0.2) is 4.68 Å². The molecular weight excluding hydrogens is 444 g/mol. The van der Waals surface area contributed by atoms with Gasteiger partial charge in [-0.1, -0.05) is 18.1 Å². The van der Waals surface area contributed by atoms with E-state index in [0.717, 1.165) is 25.9 Å². The Bertz CT molecular complexity index is 1240. The molecule has 0 radical (unpaired) electrons. The molecule has 1 aliphatic carbocycles.